The van der Waals surface area contributed by atoms with Gasteiger partial charge in [-0.05, 0) is 55.1 Å². The van der Waals surface area contributed by atoms with Crippen molar-refractivity contribution in [3.63, 3.8) is 0 Å². The molecule has 3 saturated carbocycles. The Labute approximate surface area is 154 Å². The van der Waals surface area contributed by atoms with E-state index < -0.39 is 0 Å². The number of nitrogens with zero attached hydrogens (tertiary/aromatic N) is 3. The van der Waals surface area contributed by atoms with Gasteiger partial charge in [0.15, 0.2) is 5.65 Å². The van der Waals surface area contributed by atoms with Crippen molar-refractivity contribution in [1.82, 2.24) is 19.7 Å². The monoisotopic (exact) mass is 361 g/mol. The summed E-state index contributed by atoms with van der Waals surface area (Å²) in [5.41, 5.74) is 1.66. The Bertz CT molecular complexity index is 1130. The molecular weight excluding hydrogens is 342 g/mol. The molecule has 0 spiro atoms. The topological polar surface area (TPSA) is 92.7 Å². The second-order valence-electron chi connectivity index (χ2n) is 8.10. The number of carbonyl (C=O) groups excluding carboxylic acids is 1. The molecule has 6 rings (SSSR count). The number of aromatic nitrogens is 4. The van der Waals surface area contributed by atoms with Crippen LogP contribution in [-0.2, 0) is 4.79 Å². The van der Waals surface area contributed by atoms with Crippen LogP contribution in [0.15, 0.2) is 41.6 Å². The molecule has 2 bridgehead atoms. The fourth-order valence-electron chi connectivity index (χ4n) is 5.53. The van der Waals surface area contributed by atoms with Crippen molar-refractivity contribution in [3.8, 4) is 5.69 Å². The summed E-state index contributed by atoms with van der Waals surface area (Å²) in [4.78, 5) is 31.8. The zero-order valence-electron chi connectivity index (χ0n) is 14.6. The first-order chi connectivity index (χ1) is 13.2. The van der Waals surface area contributed by atoms with Gasteiger partial charge in [-0.1, -0.05) is 12.1 Å². The van der Waals surface area contributed by atoms with E-state index >= 15 is 0 Å². The molecule has 7 nitrogen and oxygen atoms in total. The highest BCUT2D eigenvalue weighted by molar-refractivity contribution is 5.95. The molecule has 5 atom stereocenters. The summed E-state index contributed by atoms with van der Waals surface area (Å²) < 4.78 is 1.61. The number of H-pyrrole nitrogens is 1. The van der Waals surface area contributed by atoms with Gasteiger partial charge in [-0.15, -0.1) is 0 Å². The number of fused-ring (bicyclic) bond motifs is 6. The Morgan fingerprint density at radius 3 is 2.89 bits per heavy atom. The molecule has 3 aromatic rings. The molecule has 0 aliphatic heterocycles. The van der Waals surface area contributed by atoms with Crippen LogP contribution in [0.4, 0.5) is 5.69 Å². The molecule has 3 aliphatic rings. The van der Waals surface area contributed by atoms with Gasteiger partial charge in [-0.3, -0.25) is 9.59 Å². The molecule has 1 amide bonds. The number of anilines is 1. The minimum atomic E-state index is -0.228. The van der Waals surface area contributed by atoms with E-state index in [-0.39, 0.29) is 17.4 Å². The van der Waals surface area contributed by atoms with E-state index in [0.29, 0.717) is 28.3 Å². The summed E-state index contributed by atoms with van der Waals surface area (Å²) in [6, 6.07) is 7.53. The predicted molar refractivity (Wildman–Crippen MR) is 99.4 cm³/mol. The van der Waals surface area contributed by atoms with Crippen molar-refractivity contribution in [2.24, 2.45) is 29.6 Å². The summed E-state index contributed by atoms with van der Waals surface area (Å²) in [5, 5.41) is 7.88. The number of hydrogen-bond donors (Lipinski definition) is 2. The normalized spacial score (nSPS) is 30.4. The first-order valence-electron chi connectivity index (χ1n) is 9.52. The van der Waals surface area contributed by atoms with Crippen molar-refractivity contribution < 1.29 is 4.79 Å². The first kappa shape index (κ1) is 15.1. The van der Waals surface area contributed by atoms with Gasteiger partial charge in [0.05, 0.1) is 23.9 Å². The van der Waals surface area contributed by atoms with E-state index in [2.05, 4.69) is 20.4 Å². The zero-order valence-corrected chi connectivity index (χ0v) is 14.6. The number of carbonyl (C=O) groups is 1. The predicted octanol–water partition coefficient (Wildman–Crippen LogP) is 2.34. The molecule has 5 unspecified atom stereocenters. The molecule has 7 heteroatoms. The summed E-state index contributed by atoms with van der Waals surface area (Å²) >= 11 is 0. The highest BCUT2D eigenvalue weighted by Gasteiger charge is 2.62. The molecule has 2 aromatic heterocycles. The number of para-hydroxylation sites is 2. The molecule has 2 heterocycles. The van der Waals surface area contributed by atoms with Crippen molar-refractivity contribution in [1.29, 1.82) is 0 Å². The van der Waals surface area contributed by atoms with Crippen LogP contribution >= 0.6 is 0 Å². The summed E-state index contributed by atoms with van der Waals surface area (Å²) in [6.07, 6.45) is 6.45. The van der Waals surface area contributed by atoms with E-state index in [1.807, 2.05) is 24.3 Å². The van der Waals surface area contributed by atoms with Crippen LogP contribution in [0.3, 0.4) is 0 Å². The van der Waals surface area contributed by atoms with Gasteiger partial charge < -0.3 is 10.3 Å². The Hall–Kier alpha value is -2.96. The van der Waals surface area contributed by atoms with Crippen molar-refractivity contribution in [3.05, 3.63) is 47.1 Å². The second kappa shape index (κ2) is 5.28. The van der Waals surface area contributed by atoms with Gasteiger partial charge in [0.2, 0.25) is 5.91 Å². The fraction of sp³-hybridized carbons (Fsp3) is 0.400. The van der Waals surface area contributed by atoms with E-state index in [4.69, 9.17) is 0 Å². The molecule has 136 valence electrons. The van der Waals surface area contributed by atoms with Crippen LogP contribution in [0.1, 0.15) is 19.3 Å². The van der Waals surface area contributed by atoms with Crippen molar-refractivity contribution >= 4 is 22.6 Å². The van der Waals surface area contributed by atoms with Gasteiger partial charge in [-0.25, -0.2) is 9.67 Å². The highest BCUT2D eigenvalue weighted by atomic mass is 16.2. The minimum Gasteiger partial charge on any atom is -0.324 e. The molecule has 2 N–H and O–H groups in total. The van der Waals surface area contributed by atoms with E-state index in [9.17, 15) is 9.59 Å². The van der Waals surface area contributed by atoms with Gasteiger partial charge in [0, 0.05) is 5.92 Å². The van der Waals surface area contributed by atoms with Crippen molar-refractivity contribution in [2.45, 2.75) is 19.3 Å². The molecule has 1 aromatic carbocycles. The third-order valence-corrected chi connectivity index (χ3v) is 6.79. The molecule has 27 heavy (non-hydrogen) atoms. The maximum absolute atomic E-state index is 13.0. The Morgan fingerprint density at radius 2 is 2.04 bits per heavy atom. The zero-order chi connectivity index (χ0) is 18.1. The number of nitrogens with one attached hydrogen (secondary N) is 2. The maximum atomic E-state index is 13.0. The second-order valence-corrected chi connectivity index (χ2v) is 8.10. The van der Waals surface area contributed by atoms with Crippen LogP contribution in [0.2, 0.25) is 0 Å². The third-order valence-electron chi connectivity index (χ3n) is 6.79. The van der Waals surface area contributed by atoms with E-state index in [1.54, 1.807) is 4.68 Å². The summed E-state index contributed by atoms with van der Waals surface area (Å²) in [7, 11) is 0. The van der Waals surface area contributed by atoms with Gasteiger partial charge in [0.25, 0.3) is 5.56 Å². The van der Waals surface area contributed by atoms with Gasteiger partial charge in [-0.2, -0.15) is 5.10 Å². The number of hydrogen-bond acceptors (Lipinski definition) is 4. The maximum Gasteiger partial charge on any atom is 0.261 e. The molecule has 3 aliphatic carbocycles. The number of aromatic amines is 1. The average molecular weight is 361 g/mol. The Balaban J connectivity index is 1.35. The van der Waals surface area contributed by atoms with Crippen LogP contribution in [0.5, 0.6) is 0 Å². The summed E-state index contributed by atoms with van der Waals surface area (Å²) in [5.74, 6) is 3.27. The Kier molecular flexibility index (Phi) is 2.96. The lowest BCUT2D eigenvalue weighted by Crippen LogP contribution is -2.28. The number of amides is 1. The van der Waals surface area contributed by atoms with Crippen LogP contribution in [0, 0.1) is 29.6 Å². The number of rotatable bonds is 3. The smallest absolute Gasteiger partial charge is 0.261 e. The molecule has 3 fully saturated rings. The average Bonchev–Trinajstić information content (AvgIpc) is 3.05. The van der Waals surface area contributed by atoms with Crippen LogP contribution < -0.4 is 10.9 Å². The Morgan fingerprint density at radius 1 is 1.15 bits per heavy atom. The number of benzene rings is 1. The first-order valence-corrected chi connectivity index (χ1v) is 9.52. The lowest BCUT2D eigenvalue weighted by molar-refractivity contribution is -0.121. The van der Waals surface area contributed by atoms with Gasteiger partial charge in [0.1, 0.15) is 5.39 Å². The van der Waals surface area contributed by atoms with E-state index in [0.717, 1.165) is 24.2 Å². The quantitative estimate of drug-likeness (QED) is 0.749. The standard InChI is InChI=1S/C20H19N5O2/c26-19-15-8-23-25(18(15)21-9-22-19)17-4-2-1-3-16(17)24-20(27)14-6-10-5-12(14)13-7-11(10)13/h1-4,8-14H,5-7H2,(H,24,27)(H,21,22,26). The summed E-state index contributed by atoms with van der Waals surface area (Å²) in [6.45, 7) is 0. The van der Waals surface area contributed by atoms with Gasteiger partial charge >= 0.3 is 0 Å². The van der Waals surface area contributed by atoms with Crippen LogP contribution in [-0.4, -0.2) is 25.7 Å². The van der Waals surface area contributed by atoms with Crippen molar-refractivity contribution in [2.75, 3.05) is 5.32 Å². The lowest BCUT2D eigenvalue weighted by atomic mass is 9.88. The fourth-order valence-corrected chi connectivity index (χ4v) is 5.53. The third kappa shape index (κ3) is 2.14. The highest BCUT2D eigenvalue weighted by Crippen LogP contribution is 2.67. The minimum absolute atomic E-state index is 0.113. The SMILES string of the molecule is O=C(Nc1ccccc1-n1ncc2c(=O)[nH]cnc21)C1CC2CC1C1CC21. The molecule has 0 saturated heterocycles. The largest absolute Gasteiger partial charge is 0.324 e. The molecule has 0 radical (unpaired) electrons. The van der Waals surface area contributed by atoms with E-state index in [1.165, 1.54) is 25.4 Å². The molecular formula is C20H19N5O2. The lowest BCUT2D eigenvalue weighted by Gasteiger charge is -2.21. The van der Waals surface area contributed by atoms with Crippen LogP contribution in [0.25, 0.3) is 16.7 Å².